The second-order valence-electron chi connectivity index (χ2n) is 28.0. The quantitative estimate of drug-likeness (QED) is 0.125. The molecule has 31 heteroatoms. The molecule has 2 fully saturated rings. The fourth-order valence-corrected chi connectivity index (χ4v) is 15.6. The van der Waals surface area contributed by atoms with E-state index < -0.39 is 6.17 Å². The Hall–Kier alpha value is -13.3. The third-order valence-electron chi connectivity index (χ3n) is 18.2. The normalized spacial score (nSPS) is 12.1. The van der Waals surface area contributed by atoms with Gasteiger partial charge in [0.25, 0.3) is 5.69 Å². The van der Waals surface area contributed by atoms with Crippen LogP contribution < -0.4 is 54.1 Å². The molecule has 0 aliphatic carbocycles. The molecule has 0 bridgehead atoms. The number of rotatable bonds is 10. The van der Waals surface area contributed by atoms with Gasteiger partial charge in [-0.15, -0.1) is 56.7 Å². The fourth-order valence-electron chi connectivity index (χ4n) is 12.1. The minimum absolute atomic E-state index is 0. The molecule has 0 spiro atoms. The molecule has 2 aliphatic heterocycles. The molecule has 0 saturated carbocycles. The number of para-hydroxylation sites is 1. The molecule has 1 unspecified atom stereocenters. The van der Waals surface area contributed by atoms with E-state index in [1.54, 1.807) is 142 Å². The van der Waals surface area contributed by atoms with Crippen LogP contribution in [0.2, 0.25) is 5.02 Å². The number of hydrogen-bond acceptors (Lipinski definition) is 24. The zero-order valence-corrected chi connectivity index (χ0v) is 78.2. The first-order chi connectivity index (χ1) is 62.0. The van der Waals surface area contributed by atoms with Crippen molar-refractivity contribution in [3.8, 4) is 116 Å². The van der Waals surface area contributed by atoms with Crippen molar-refractivity contribution < 1.29 is 53.8 Å². The van der Waals surface area contributed by atoms with Crippen LogP contribution in [0.25, 0.3) is 28.2 Å². The first kappa shape index (κ1) is 96.4. The molecule has 2 aromatic carbocycles. The Kier molecular flexibility index (Phi) is 37.6. The maximum absolute atomic E-state index is 13.1. The molecule has 129 heavy (non-hydrogen) atoms. The molecule has 3 N–H and O–H groups in total. The average molecular weight is 1880 g/mol. The second kappa shape index (κ2) is 50.3. The van der Waals surface area contributed by atoms with Gasteiger partial charge >= 0.3 is 0 Å². The molecule has 0 amide bonds. The third kappa shape index (κ3) is 31.3. The summed E-state index contributed by atoms with van der Waals surface area (Å²) in [5.74, 6) is 40.7. The maximum atomic E-state index is 13.1. The second-order valence-corrected chi connectivity index (χ2v) is 34.8. The summed E-state index contributed by atoms with van der Waals surface area (Å²) in [6, 6.07) is 37.2. The van der Waals surface area contributed by atoms with E-state index in [0.29, 0.717) is 47.8 Å². The SMILES string of the molecule is CCOc1ccccc1-c1ccc(C#Cc2csc(C)n2)c[nH+]1.Cc1[nH+]c(C#Cc2cncc(Oc3cccnc3)c2)cs1.Cc1nc(C#Cc2ccc(-c3cccc(-n4cccn4)c3)nc2)cs1.Cc1nc(C#Cc2ccc(N3CCC(F)CC3)nc2)cs1.Cc1nc(C#Cc2cnc(N3CCCC(CO)C3)nc2)cs1.Cc1nc(C#Cc2cncc(Cl)c2)cs1.[Cl-].[Cl-]. The number of nitrogens with one attached hydrogen (secondary N) is 2. The zero-order chi connectivity index (χ0) is 88.3. The van der Waals surface area contributed by atoms with Crippen LogP contribution in [0.4, 0.5) is 16.2 Å². The maximum Gasteiger partial charge on any atom is 0.266 e. The predicted octanol–water partition coefficient (Wildman–Crippen LogP) is 12.6. The van der Waals surface area contributed by atoms with Gasteiger partial charge < -0.3 is 49.2 Å². The summed E-state index contributed by atoms with van der Waals surface area (Å²) < 4.78 is 26.3. The van der Waals surface area contributed by atoms with Crippen molar-refractivity contribution in [1.29, 1.82) is 0 Å². The van der Waals surface area contributed by atoms with E-state index in [1.807, 2.05) is 201 Å². The highest BCUT2D eigenvalue weighted by Gasteiger charge is 2.22. The largest absolute Gasteiger partial charge is 1.00 e. The van der Waals surface area contributed by atoms with Crippen molar-refractivity contribution in [3.63, 3.8) is 0 Å². The van der Waals surface area contributed by atoms with Gasteiger partial charge in [-0.3, -0.25) is 19.9 Å². The van der Waals surface area contributed by atoms with Crippen molar-refractivity contribution in [3.05, 3.63) is 331 Å². The summed E-state index contributed by atoms with van der Waals surface area (Å²) in [6.45, 7) is 17.9. The molecule has 2 saturated heterocycles. The number of aromatic nitrogens is 16. The van der Waals surface area contributed by atoms with Crippen LogP contribution in [0.1, 0.15) is 130 Å². The van der Waals surface area contributed by atoms with Crippen molar-refractivity contribution in [2.75, 3.05) is 49.2 Å². The standard InChI is InChI=1S/C20H14N4S.C19H16N2OS.C16H16FN3S.C16H18N4OS.C16H11N3OS.C11H7ClN2S.2ClH/c1-15-23-18(14-25-15)8-6-16-7-9-20(21-13-16)17-4-2-5-19(12-17)24-11-3-10-22-24;1-3-22-19-7-5-4-6-17(19)18-11-9-15(12-20-18)8-10-16-13-23-14(2)21-16;1-12-19-15(11-21-12)4-2-13-3-5-16(18-10-13)20-8-6-14(17)7-9-20;1-12-19-15(11-22-12)5-4-13-7-17-16(18-8-13)20-6-2-3-14(9-20)10-21;1-12-19-14(11-21-12)5-4-13-7-16(10-18-8-13)20-15-3-2-6-17-9-15;1-8-14-11(7-15-8)3-2-9-4-10(12)6-13-5-9;;/h2-5,7,9-14H,1H3;4-7,9,11-13H,3H2,1-2H3;3,5,10-11,14H,6-9H2,1H3;7-8,11,14,21H,2-3,6,9-10H2,1H3;2-3,6-11H,1H3;4-7H,1H3;2*1H. The van der Waals surface area contributed by atoms with Gasteiger partial charge in [0, 0.05) is 168 Å². The van der Waals surface area contributed by atoms with Crippen LogP contribution >= 0.6 is 79.6 Å². The van der Waals surface area contributed by atoms with Gasteiger partial charge in [-0.1, -0.05) is 82.7 Å². The van der Waals surface area contributed by atoms with Gasteiger partial charge in [0.05, 0.1) is 82.5 Å². The van der Waals surface area contributed by atoms with E-state index in [-0.39, 0.29) is 31.4 Å². The summed E-state index contributed by atoms with van der Waals surface area (Å²) in [5, 5.41) is 32.1. The molecule has 18 rings (SSSR count). The van der Waals surface area contributed by atoms with Crippen LogP contribution in [0.3, 0.4) is 0 Å². The monoisotopic (exact) mass is 1880 g/mol. The molecule has 21 nitrogen and oxygen atoms in total. The highest BCUT2D eigenvalue weighted by molar-refractivity contribution is 7.10. The van der Waals surface area contributed by atoms with Crippen molar-refractivity contribution in [2.24, 2.45) is 5.92 Å². The number of alkyl halides is 1. The number of aliphatic hydroxyl groups excluding tert-OH is 1. The van der Waals surface area contributed by atoms with Crippen LogP contribution in [0.5, 0.6) is 17.2 Å². The number of ether oxygens (including phenoxy) is 2. The zero-order valence-electron chi connectivity index (χ0n) is 71.0. The van der Waals surface area contributed by atoms with E-state index in [2.05, 4.69) is 162 Å². The number of hydrogen-bond donors (Lipinski definition) is 1. The molecule has 14 aromatic heterocycles. The van der Waals surface area contributed by atoms with Crippen molar-refractivity contribution in [1.82, 2.24) is 69.6 Å². The minimum Gasteiger partial charge on any atom is -1.00 e. The lowest BCUT2D eigenvalue weighted by atomic mass is 9.99. The molecule has 16 heterocycles. The van der Waals surface area contributed by atoms with E-state index in [0.717, 1.165) is 176 Å². The first-order valence-corrected chi connectivity index (χ1v) is 45.8. The van der Waals surface area contributed by atoms with Gasteiger partial charge in [-0.2, -0.15) is 10.1 Å². The average Bonchev–Trinajstić information content (AvgIpc) is 1.65. The summed E-state index contributed by atoms with van der Waals surface area (Å²) in [7, 11) is 0. The number of benzene rings is 2. The van der Waals surface area contributed by atoms with E-state index in [1.165, 1.54) is 0 Å². The number of pyridine rings is 6. The molecule has 648 valence electrons. The molecular formula is C98H84Cl3FN18O3S6. The predicted molar refractivity (Wildman–Crippen MR) is 505 cm³/mol. The summed E-state index contributed by atoms with van der Waals surface area (Å²) >= 11 is 15.4. The topological polar surface area (TPSA) is 246 Å². The number of piperidine rings is 2. The Bertz CT molecular complexity index is 6670. The Labute approximate surface area is 790 Å². The Balaban J connectivity index is 0.000000150. The number of thiazole rings is 6. The lowest BCUT2D eigenvalue weighted by Crippen LogP contribution is -3.00. The molecule has 0 radical (unpaired) electrons. The van der Waals surface area contributed by atoms with Crippen molar-refractivity contribution >= 4 is 91.4 Å². The number of anilines is 2. The smallest absolute Gasteiger partial charge is 0.266 e. The van der Waals surface area contributed by atoms with Gasteiger partial charge in [0.15, 0.2) is 6.20 Å². The van der Waals surface area contributed by atoms with Gasteiger partial charge in [0.1, 0.15) is 57.7 Å². The number of aromatic amines is 2. The number of aryl methyl sites for hydroxylation is 6. The van der Waals surface area contributed by atoms with E-state index >= 15 is 0 Å². The number of H-pyrrole nitrogens is 2. The van der Waals surface area contributed by atoms with Gasteiger partial charge in [-0.05, 0) is 188 Å². The summed E-state index contributed by atoms with van der Waals surface area (Å²) in [4.78, 5) is 62.1. The van der Waals surface area contributed by atoms with E-state index in [9.17, 15) is 9.50 Å². The number of nitrogens with zero attached hydrogens (tertiary/aromatic N) is 16. The molecular weight excluding hydrogens is 1790 g/mol. The Morgan fingerprint density at radius 1 is 0.496 bits per heavy atom. The lowest BCUT2D eigenvalue weighted by molar-refractivity contribution is -0.383. The Morgan fingerprint density at radius 3 is 1.60 bits per heavy atom. The highest BCUT2D eigenvalue weighted by Crippen LogP contribution is 2.29. The number of aliphatic hydroxyl groups is 1. The van der Waals surface area contributed by atoms with Crippen molar-refractivity contribution in [2.45, 2.75) is 80.3 Å². The number of halogens is 4. The third-order valence-corrected chi connectivity index (χ3v) is 23.1. The summed E-state index contributed by atoms with van der Waals surface area (Å²) in [5.41, 5.74) is 14.9. The van der Waals surface area contributed by atoms with E-state index in [4.69, 9.17) is 21.1 Å². The first-order valence-electron chi connectivity index (χ1n) is 40.2. The molecule has 2 aliphatic rings. The molecule has 1 atom stereocenters. The Morgan fingerprint density at radius 2 is 1.07 bits per heavy atom. The van der Waals surface area contributed by atoms with Crippen LogP contribution in [-0.2, 0) is 0 Å². The van der Waals surface area contributed by atoms with Crippen LogP contribution in [-0.4, -0.2) is 120 Å². The minimum atomic E-state index is -0.659. The lowest BCUT2D eigenvalue weighted by Gasteiger charge is -2.31. The fraction of sp³-hybridized carbons (Fsp3) is 0.194. The highest BCUT2D eigenvalue weighted by atomic mass is 35.5. The van der Waals surface area contributed by atoms with Gasteiger partial charge in [0.2, 0.25) is 16.6 Å². The van der Waals surface area contributed by atoms with Crippen LogP contribution in [0, 0.1) is 119 Å². The van der Waals surface area contributed by atoms with Gasteiger partial charge in [-0.25, -0.2) is 53.9 Å². The molecule has 16 aromatic rings. The summed E-state index contributed by atoms with van der Waals surface area (Å²) in [6.07, 6.45) is 25.3. The van der Waals surface area contributed by atoms with Crippen LogP contribution in [0.15, 0.2) is 228 Å².